The number of anilines is 1. The van der Waals surface area contributed by atoms with Crippen molar-refractivity contribution in [1.29, 1.82) is 0 Å². The number of cyclic esters (lactones) is 1. The van der Waals surface area contributed by atoms with Crippen molar-refractivity contribution in [2.24, 2.45) is 33.6 Å². The van der Waals surface area contributed by atoms with Crippen LogP contribution in [0.3, 0.4) is 0 Å². The molecule has 0 radical (unpaired) electrons. The molecule has 5 heterocycles. The van der Waals surface area contributed by atoms with Crippen LogP contribution in [0.15, 0.2) is 41.4 Å². The van der Waals surface area contributed by atoms with E-state index in [9.17, 15) is 30.3 Å². The number of aliphatic imine (C=N–C) groups is 1. The zero-order chi connectivity index (χ0) is 33.1. The number of aliphatic hydroxyl groups is 5. The number of nitrogens with one attached hydrogen (secondary N) is 2. The second-order valence-electron chi connectivity index (χ2n) is 14.1. The third-order valence-electron chi connectivity index (χ3n) is 11.7. The molecule has 2 aromatic heterocycles. The molecule has 7 N–H and O–H groups in total. The Balaban J connectivity index is 1.24. The molecule has 0 spiro atoms. The van der Waals surface area contributed by atoms with Gasteiger partial charge in [-0.15, -0.1) is 0 Å². The summed E-state index contributed by atoms with van der Waals surface area (Å²) in [4.78, 5) is 29.9. The molecule has 12 atom stereocenters. The first kappa shape index (κ1) is 32.4. The van der Waals surface area contributed by atoms with Crippen LogP contribution >= 0.6 is 0 Å². The number of aliphatic hydroxyl groups excluding tert-OH is 5. The molecule has 2 aromatic rings. The number of imidazole rings is 2. The maximum absolute atomic E-state index is 12.9. The van der Waals surface area contributed by atoms with Gasteiger partial charge in [-0.2, -0.15) is 0 Å². The second-order valence-corrected chi connectivity index (χ2v) is 14.1. The monoisotopic (exact) mass is 656 g/mol. The number of aromatic nitrogens is 4. The Labute approximate surface area is 271 Å². The lowest BCUT2D eigenvalue weighted by Crippen LogP contribution is -2.64. The molecule has 0 bridgehead atoms. The molecular formula is C32H44N6O9. The van der Waals surface area contributed by atoms with E-state index >= 15 is 0 Å². The summed E-state index contributed by atoms with van der Waals surface area (Å²) in [5.74, 6) is 0.664. The predicted molar refractivity (Wildman–Crippen MR) is 165 cm³/mol. The van der Waals surface area contributed by atoms with E-state index in [2.05, 4.69) is 31.8 Å². The molecule has 3 fully saturated rings. The SMILES string of the molecule is C[C@]12CC[C@@H](OC3OC(CO)C(O)C(O)C3O)[C@@](C)(CO)C1CC1=Nc3nccn3CC1C2CC(Nc1ncc[nH]1)C1=CCOC1=O. The van der Waals surface area contributed by atoms with E-state index in [0.717, 1.165) is 5.71 Å². The fourth-order valence-electron chi connectivity index (χ4n) is 9.04. The van der Waals surface area contributed by atoms with Crippen LogP contribution in [0.5, 0.6) is 0 Å². The third-order valence-corrected chi connectivity index (χ3v) is 11.7. The molecule has 256 valence electrons. The molecule has 2 aliphatic carbocycles. The fourth-order valence-corrected chi connectivity index (χ4v) is 9.04. The van der Waals surface area contributed by atoms with Gasteiger partial charge in [0.05, 0.1) is 30.9 Å². The lowest BCUT2D eigenvalue weighted by atomic mass is 9.44. The van der Waals surface area contributed by atoms with Crippen LogP contribution in [-0.4, -0.2) is 119 Å². The first-order valence-corrected chi connectivity index (χ1v) is 16.4. The Morgan fingerprint density at radius 3 is 2.70 bits per heavy atom. The van der Waals surface area contributed by atoms with E-state index in [1.54, 1.807) is 18.6 Å². The van der Waals surface area contributed by atoms with Gasteiger partial charge in [0.2, 0.25) is 11.9 Å². The molecule has 15 heteroatoms. The molecule has 5 aliphatic rings. The van der Waals surface area contributed by atoms with Crippen molar-refractivity contribution in [3.05, 3.63) is 36.4 Å². The van der Waals surface area contributed by atoms with Crippen molar-refractivity contribution in [3.8, 4) is 0 Å². The summed E-state index contributed by atoms with van der Waals surface area (Å²) in [6, 6.07) is -0.411. The van der Waals surface area contributed by atoms with E-state index in [1.807, 2.05) is 19.2 Å². The zero-order valence-corrected chi connectivity index (χ0v) is 26.5. The molecule has 3 aliphatic heterocycles. The van der Waals surface area contributed by atoms with Gasteiger partial charge in [0.1, 0.15) is 31.0 Å². The summed E-state index contributed by atoms with van der Waals surface area (Å²) in [5, 5.41) is 55.9. The van der Waals surface area contributed by atoms with Crippen LogP contribution in [0.2, 0.25) is 0 Å². The van der Waals surface area contributed by atoms with Crippen molar-refractivity contribution in [2.75, 3.05) is 25.1 Å². The molecule has 7 rings (SSSR count). The molecule has 0 aromatic carbocycles. The quantitative estimate of drug-likeness (QED) is 0.143. The topological polar surface area (TPSA) is 217 Å². The molecular weight excluding hydrogens is 612 g/mol. The summed E-state index contributed by atoms with van der Waals surface area (Å²) < 4.78 is 19.5. The molecule has 1 saturated heterocycles. The van der Waals surface area contributed by atoms with Gasteiger partial charge >= 0.3 is 5.97 Å². The number of rotatable bonds is 9. The smallest absolute Gasteiger partial charge is 0.336 e. The molecule has 15 nitrogen and oxygen atoms in total. The summed E-state index contributed by atoms with van der Waals surface area (Å²) >= 11 is 0. The van der Waals surface area contributed by atoms with Gasteiger partial charge in [-0.1, -0.05) is 13.8 Å². The van der Waals surface area contributed by atoms with E-state index in [1.165, 1.54) is 0 Å². The number of aromatic amines is 1. The van der Waals surface area contributed by atoms with E-state index in [-0.39, 0.29) is 42.4 Å². The van der Waals surface area contributed by atoms with Gasteiger partial charge in [0.25, 0.3) is 0 Å². The second kappa shape index (κ2) is 12.4. The number of H-pyrrole nitrogens is 1. The minimum atomic E-state index is -1.57. The number of hydrogen-bond donors (Lipinski definition) is 7. The van der Waals surface area contributed by atoms with Crippen LogP contribution in [0.1, 0.15) is 39.5 Å². The van der Waals surface area contributed by atoms with E-state index < -0.39 is 54.9 Å². The lowest BCUT2D eigenvalue weighted by molar-refractivity contribution is -0.330. The minimum absolute atomic E-state index is 0.0172. The van der Waals surface area contributed by atoms with Gasteiger partial charge in [0.15, 0.2) is 6.29 Å². The first-order valence-electron chi connectivity index (χ1n) is 16.4. The Hall–Kier alpha value is -3.18. The van der Waals surface area contributed by atoms with Gasteiger partial charge in [-0.05, 0) is 49.0 Å². The lowest BCUT2D eigenvalue weighted by Gasteiger charge is -2.63. The van der Waals surface area contributed by atoms with Gasteiger partial charge < -0.3 is 54.6 Å². The Bertz CT molecular complexity index is 1510. The van der Waals surface area contributed by atoms with E-state index in [0.29, 0.717) is 49.7 Å². The van der Waals surface area contributed by atoms with Crippen LogP contribution in [0.4, 0.5) is 11.9 Å². The number of hydrogen-bond acceptors (Lipinski definition) is 13. The van der Waals surface area contributed by atoms with Crippen LogP contribution < -0.4 is 5.32 Å². The van der Waals surface area contributed by atoms with Crippen molar-refractivity contribution in [2.45, 2.75) is 88.9 Å². The highest BCUT2D eigenvalue weighted by molar-refractivity contribution is 5.93. The largest absolute Gasteiger partial charge is 0.458 e. The number of carbonyl (C=O) groups is 1. The number of fused-ring (bicyclic) bond motifs is 3. The Morgan fingerprint density at radius 2 is 2.00 bits per heavy atom. The minimum Gasteiger partial charge on any atom is -0.458 e. The van der Waals surface area contributed by atoms with Crippen molar-refractivity contribution in [3.63, 3.8) is 0 Å². The van der Waals surface area contributed by atoms with Gasteiger partial charge in [0, 0.05) is 48.4 Å². The molecule has 47 heavy (non-hydrogen) atoms. The average molecular weight is 657 g/mol. The highest BCUT2D eigenvalue weighted by atomic mass is 16.7. The van der Waals surface area contributed by atoms with Crippen molar-refractivity contribution < 1.29 is 44.5 Å². The predicted octanol–water partition coefficient (Wildman–Crippen LogP) is 0.282. The standard InChI is InChI=1S/C32H44N6O9/c1-31-5-3-23(47-28-26(43)25(42)24(41)21(14-39)46-28)32(2,15-40)22(31)12-20-17(13-38-9-8-35-30(38)37-20)18(31)11-19(16-4-10-45-27(16)44)36-29-33-6-7-34-29/h4,6-9,17-19,21-26,28,39-43H,3,5,10-15H2,1-2H3,(H2,33,34,36)/t17?,18?,19?,21?,22?,23-,24?,25?,26?,28?,31-,32+/m1/s1. The van der Waals surface area contributed by atoms with E-state index in [4.69, 9.17) is 19.2 Å². The summed E-state index contributed by atoms with van der Waals surface area (Å²) in [6.07, 6.45) is 3.53. The normalized spacial score (nSPS) is 40.4. The molecule has 0 amide bonds. The highest BCUT2D eigenvalue weighted by Crippen LogP contribution is 2.63. The maximum Gasteiger partial charge on any atom is 0.336 e. The number of carbonyl (C=O) groups excluding carboxylic acids is 1. The number of ether oxygens (including phenoxy) is 3. The van der Waals surface area contributed by atoms with Crippen LogP contribution in [-0.2, 0) is 25.5 Å². The van der Waals surface area contributed by atoms with Crippen LogP contribution in [0, 0.1) is 28.6 Å². The number of esters is 1. The molecule has 9 unspecified atom stereocenters. The highest BCUT2D eigenvalue weighted by Gasteiger charge is 2.62. The summed E-state index contributed by atoms with van der Waals surface area (Å²) in [7, 11) is 0. The maximum atomic E-state index is 12.9. The average Bonchev–Trinajstić information content (AvgIpc) is 3.85. The zero-order valence-electron chi connectivity index (χ0n) is 26.5. The fraction of sp³-hybridized carbons (Fsp3) is 0.688. The van der Waals surface area contributed by atoms with Crippen molar-refractivity contribution in [1.82, 2.24) is 19.5 Å². The van der Waals surface area contributed by atoms with Crippen LogP contribution in [0.25, 0.3) is 0 Å². The van der Waals surface area contributed by atoms with Gasteiger partial charge in [-0.25, -0.2) is 19.8 Å². The Morgan fingerprint density at radius 1 is 1.17 bits per heavy atom. The summed E-state index contributed by atoms with van der Waals surface area (Å²) in [6.45, 7) is 4.32. The third kappa shape index (κ3) is 5.41. The number of nitrogens with zero attached hydrogens (tertiary/aromatic N) is 4. The first-order chi connectivity index (χ1) is 22.6. The van der Waals surface area contributed by atoms with Crippen molar-refractivity contribution >= 4 is 23.6 Å². The summed E-state index contributed by atoms with van der Waals surface area (Å²) in [5.41, 5.74) is 0.318. The van der Waals surface area contributed by atoms with Gasteiger partial charge in [-0.3, -0.25) is 0 Å². The molecule has 2 saturated carbocycles. The Kier molecular flexibility index (Phi) is 8.52.